The number of aromatic nitrogens is 3. The highest BCUT2D eigenvalue weighted by molar-refractivity contribution is 7.13. The van der Waals surface area contributed by atoms with Crippen LogP contribution in [-0.4, -0.2) is 15.0 Å². The zero-order chi connectivity index (χ0) is 13.3. The SMILES string of the molecule is CC(C)(C)c1csc(Nc2cc(N)nc(N)n2)n1. The van der Waals surface area contributed by atoms with Crippen molar-refractivity contribution in [2.75, 3.05) is 16.8 Å². The van der Waals surface area contributed by atoms with Crippen molar-refractivity contribution in [1.82, 2.24) is 15.0 Å². The molecule has 96 valence electrons. The minimum atomic E-state index is 0.0279. The number of nitrogens with two attached hydrogens (primary N) is 2. The third-order valence-corrected chi connectivity index (χ3v) is 3.03. The lowest BCUT2D eigenvalue weighted by Gasteiger charge is -2.14. The van der Waals surface area contributed by atoms with Crippen LogP contribution in [0.3, 0.4) is 0 Å². The maximum Gasteiger partial charge on any atom is 0.223 e. The lowest BCUT2D eigenvalue weighted by atomic mass is 9.93. The molecule has 0 aliphatic rings. The van der Waals surface area contributed by atoms with Gasteiger partial charge in [0.1, 0.15) is 11.6 Å². The Hall–Kier alpha value is -1.89. The van der Waals surface area contributed by atoms with Crippen molar-refractivity contribution in [1.29, 1.82) is 0 Å². The van der Waals surface area contributed by atoms with Gasteiger partial charge in [-0.3, -0.25) is 0 Å². The van der Waals surface area contributed by atoms with E-state index in [1.807, 2.05) is 5.38 Å². The summed E-state index contributed by atoms with van der Waals surface area (Å²) in [5.74, 6) is 1.03. The van der Waals surface area contributed by atoms with Crippen molar-refractivity contribution in [3.8, 4) is 0 Å². The quantitative estimate of drug-likeness (QED) is 0.768. The number of hydrogen-bond donors (Lipinski definition) is 3. The molecule has 0 amide bonds. The summed E-state index contributed by atoms with van der Waals surface area (Å²) >= 11 is 1.52. The number of thiazole rings is 1. The van der Waals surface area contributed by atoms with Gasteiger partial charge < -0.3 is 16.8 Å². The van der Waals surface area contributed by atoms with Crippen molar-refractivity contribution in [3.63, 3.8) is 0 Å². The Balaban J connectivity index is 2.21. The highest BCUT2D eigenvalue weighted by Crippen LogP contribution is 2.28. The molecule has 2 aromatic rings. The van der Waals surface area contributed by atoms with Gasteiger partial charge in [-0.05, 0) is 0 Å². The molecule has 0 aliphatic carbocycles. The highest BCUT2D eigenvalue weighted by Gasteiger charge is 2.17. The zero-order valence-corrected chi connectivity index (χ0v) is 11.4. The molecule has 7 heteroatoms. The first-order chi connectivity index (χ1) is 8.34. The largest absolute Gasteiger partial charge is 0.383 e. The normalized spacial score (nSPS) is 11.5. The molecular weight excluding hydrogens is 248 g/mol. The van der Waals surface area contributed by atoms with Gasteiger partial charge in [0.25, 0.3) is 0 Å². The van der Waals surface area contributed by atoms with Crippen LogP contribution in [0.4, 0.5) is 22.7 Å². The number of nitrogens with one attached hydrogen (secondary N) is 1. The van der Waals surface area contributed by atoms with E-state index >= 15 is 0 Å². The van der Waals surface area contributed by atoms with Gasteiger partial charge in [-0.25, -0.2) is 4.98 Å². The Morgan fingerprint density at radius 1 is 1.17 bits per heavy atom. The molecule has 0 saturated carbocycles. The molecule has 0 atom stereocenters. The van der Waals surface area contributed by atoms with E-state index in [1.54, 1.807) is 6.07 Å². The molecular formula is C11H16N6S. The molecule has 0 saturated heterocycles. The Labute approximate surface area is 109 Å². The summed E-state index contributed by atoms with van der Waals surface area (Å²) in [7, 11) is 0. The van der Waals surface area contributed by atoms with E-state index in [2.05, 4.69) is 41.0 Å². The smallest absolute Gasteiger partial charge is 0.223 e. The summed E-state index contributed by atoms with van der Waals surface area (Å²) in [4.78, 5) is 12.4. The number of nitrogen functional groups attached to an aromatic ring is 2. The average molecular weight is 264 g/mol. The molecule has 0 unspecified atom stereocenters. The van der Waals surface area contributed by atoms with E-state index in [1.165, 1.54) is 11.3 Å². The first-order valence-electron chi connectivity index (χ1n) is 5.47. The molecule has 2 aromatic heterocycles. The monoisotopic (exact) mass is 264 g/mol. The predicted molar refractivity (Wildman–Crippen MR) is 75.0 cm³/mol. The van der Waals surface area contributed by atoms with Gasteiger partial charge in [0.2, 0.25) is 5.95 Å². The van der Waals surface area contributed by atoms with Gasteiger partial charge in [-0.15, -0.1) is 11.3 Å². The number of anilines is 4. The summed E-state index contributed by atoms with van der Waals surface area (Å²) in [6.07, 6.45) is 0. The summed E-state index contributed by atoms with van der Waals surface area (Å²) in [6, 6.07) is 1.62. The van der Waals surface area contributed by atoms with Crippen LogP contribution in [0.25, 0.3) is 0 Å². The van der Waals surface area contributed by atoms with E-state index in [0.29, 0.717) is 11.6 Å². The van der Waals surface area contributed by atoms with Crippen LogP contribution in [0.1, 0.15) is 26.5 Å². The summed E-state index contributed by atoms with van der Waals surface area (Å²) in [6.45, 7) is 6.35. The molecule has 0 bridgehead atoms. The van der Waals surface area contributed by atoms with E-state index in [9.17, 15) is 0 Å². The maximum atomic E-state index is 5.60. The van der Waals surface area contributed by atoms with Crippen molar-refractivity contribution < 1.29 is 0 Å². The number of rotatable bonds is 2. The van der Waals surface area contributed by atoms with E-state index in [0.717, 1.165) is 10.8 Å². The van der Waals surface area contributed by atoms with Gasteiger partial charge in [0.15, 0.2) is 5.13 Å². The highest BCUT2D eigenvalue weighted by atomic mass is 32.1. The standard InChI is InChI=1S/C11H16N6S/c1-11(2,3)6-5-18-10(14-6)17-8-4-7(12)15-9(13)16-8/h4-5H,1-3H3,(H5,12,13,14,15,16,17). The summed E-state index contributed by atoms with van der Waals surface area (Å²) < 4.78 is 0. The Bertz CT molecular complexity index is 537. The van der Waals surface area contributed by atoms with Crippen molar-refractivity contribution in [2.45, 2.75) is 26.2 Å². The molecule has 6 nitrogen and oxygen atoms in total. The summed E-state index contributed by atoms with van der Waals surface area (Å²) in [5.41, 5.74) is 12.2. The van der Waals surface area contributed by atoms with Crippen LogP contribution in [0.5, 0.6) is 0 Å². The predicted octanol–water partition coefficient (Wildman–Crippen LogP) is 2.14. The van der Waals surface area contributed by atoms with Crippen molar-refractivity contribution >= 4 is 34.1 Å². The number of nitrogens with zero attached hydrogens (tertiary/aromatic N) is 3. The van der Waals surface area contributed by atoms with Gasteiger partial charge in [-0.2, -0.15) is 9.97 Å². The molecule has 2 rings (SSSR count). The Morgan fingerprint density at radius 3 is 2.44 bits per heavy atom. The molecule has 18 heavy (non-hydrogen) atoms. The zero-order valence-electron chi connectivity index (χ0n) is 10.6. The second-order valence-electron chi connectivity index (χ2n) is 4.95. The van der Waals surface area contributed by atoms with Crippen molar-refractivity contribution in [2.24, 2.45) is 0 Å². The van der Waals surface area contributed by atoms with E-state index in [4.69, 9.17) is 11.5 Å². The molecule has 0 spiro atoms. The van der Waals surface area contributed by atoms with Crippen LogP contribution in [0, 0.1) is 0 Å². The molecule has 2 heterocycles. The summed E-state index contributed by atoms with van der Waals surface area (Å²) in [5, 5.41) is 5.86. The molecule has 0 aliphatic heterocycles. The topological polar surface area (TPSA) is 103 Å². The third-order valence-electron chi connectivity index (χ3n) is 2.27. The lowest BCUT2D eigenvalue weighted by Crippen LogP contribution is -2.11. The fourth-order valence-electron chi connectivity index (χ4n) is 1.33. The maximum absolute atomic E-state index is 5.60. The molecule has 5 N–H and O–H groups in total. The minimum absolute atomic E-state index is 0.0279. The second-order valence-corrected chi connectivity index (χ2v) is 5.81. The minimum Gasteiger partial charge on any atom is -0.383 e. The van der Waals surface area contributed by atoms with Gasteiger partial charge >= 0.3 is 0 Å². The fraction of sp³-hybridized carbons (Fsp3) is 0.364. The van der Waals surface area contributed by atoms with Crippen LogP contribution in [0.2, 0.25) is 0 Å². The molecule has 0 fully saturated rings. The second kappa shape index (κ2) is 4.41. The number of hydrogen-bond acceptors (Lipinski definition) is 7. The fourth-order valence-corrected chi connectivity index (χ4v) is 2.28. The van der Waals surface area contributed by atoms with Crippen LogP contribution in [-0.2, 0) is 5.41 Å². The first kappa shape index (κ1) is 12.6. The van der Waals surface area contributed by atoms with Crippen molar-refractivity contribution in [3.05, 3.63) is 17.1 Å². The molecule has 0 radical (unpaired) electrons. The molecule has 0 aromatic carbocycles. The van der Waals surface area contributed by atoms with E-state index in [-0.39, 0.29) is 11.4 Å². The average Bonchev–Trinajstić information content (AvgIpc) is 2.63. The van der Waals surface area contributed by atoms with Gasteiger partial charge in [0, 0.05) is 16.9 Å². The Kier molecular flexibility index (Phi) is 3.08. The van der Waals surface area contributed by atoms with E-state index < -0.39 is 0 Å². The lowest BCUT2D eigenvalue weighted by molar-refractivity contribution is 0.573. The Morgan fingerprint density at radius 2 is 1.89 bits per heavy atom. The van der Waals surface area contributed by atoms with Crippen LogP contribution >= 0.6 is 11.3 Å². The first-order valence-corrected chi connectivity index (χ1v) is 6.35. The van der Waals surface area contributed by atoms with Crippen LogP contribution in [0.15, 0.2) is 11.4 Å². The van der Waals surface area contributed by atoms with Gasteiger partial charge in [-0.1, -0.05) is 20.8 Å². The van der Waals surface area contributed by atoms with Gasteiger partial charge in [0.05, 0.1) is 5.69 Å². The van der Waals surface area contributed by atoms with Crippen LogP contribution < -0.4 is 16.8 Å². The third kappa shape index (κ3) is 2.86.